The first-order valence-electron chi connectivity index (χ1n) is 12.6. The molecule has 0 amide bonds. The van der Waals surface area contributed by atoms with Crippen molar-refractivity contribution in [2.24, 2.45) is 5.41 Å². The molecule has 0 fully saturated rings. The van der Waals surface area contributed by atoms with Gasteiger partial charge in [-0.15, -0.1) is 0 Å². The van der Waals surface area contributed by atoms with Crippen LogP contribution in [0.1, 0.15) is 125 Å². The Morgan fingerprint density at radius 3 is 2.25 bits per heavy atom. The number of benzene rings is 1. The molecule has 1 aliphatic carbocycles. The van der Waals surface area contributed by atoms with Crippen molar-refractivity contribution < 1.29 is 22.1 Å². The van der Waals surface area contributed by atoms with Gasteiger partial charge in [-0.2, -0.15) is 13.2 Å². The second-order valence-electron chi connectivity index (χ2n) is 12.2. The van der Waals surface area contributed by atoms with Gasteiger partial charge in [0.1, 0.15) is 6.10 Å². The third-order valence-electron chi connectivity index (χ3n) is 7.15. The van der Waals surface area contributed by atoms with Crippen molar-refractivity contribution in [3.8, 4) is 0 Å². The molecule has 0 radical (unpaired) electrons. The van der Waals surface area contributed by atoms with Crippen LogP contribution in [0.25, 0.3) is 0 Å². The highest BCUT2D eigenvalue weighted by Gasteiger charge is 2.43. The standard InChI is InChI=1S/C29H38F3NO2S/c1-16(2)22-23-20(14-28(7,8)15-21(23)35-36(9)27(4,5)6)33-25-17(3)34-26(24(22)25)18-10-12-19(13-11-18)29(30,31)32/h10-13,16-17,21,26H,9,14-15H2,1-8H3/t17?,21-,26?,36?/m0/s1. The van der Waals surface area contributed by atoms with E-state index in [2.05, 4.69) is 54.3 Å². The number of hydrogen-bond acceptors (Lipinski definition) is 3. The summed E-state index contributed by atoms with van der Waals surface area (Å²) in [5.41, 5.74) is 5.28. The largest absolute Gasteiger partial charge is 0.416 e. The number of alkyl halides is 3. The maximum Gasteiger partial charge on any atom is 0.416 e. The maximum atomic E-state index is 13.2. The smallest absolute Gasteiger partial charge is 0.359 e. The zero-order valence-corrected chi connectivity index (χ0v) is 23.4. The molecule has 4 atom stereocenters. The lowest BCUT2D eigenvalue weighted by atomic mass is 9.71. The monoisotopic (exact) mass is 521 g/mol. The molecule has 2 aliphatic rings. The SMILES string of the molecule is C=S(O[C@H]1CC(C)(C)Cc2nc3c(c(C(C)C)c21)C(c1ccc(C(F)(F)F)cc1)OC3C)C(C)(C)C. The van der Waals surface area contributed by atoms with E-state index < -0.39 is 28.6 Å². The lowest BCUT2D eigenvalue weighted by Gasteiger charge is -2.40. The number of rotatable bonds is 4. The summed E-state index contributed by atoms with van der Waals surface area (Å²) in [5, 5.41) is 0. The number of pyridine rings is 1. The molecule has 0 saturated heterocycles. The fourth-order valence-electron chi connectivity index (χ4n) is 5.33. The number of hydrogen-bond donors (Lipinski definition) is 0. The van der Waals surface area contributed by atoms with Gasteiger partial charge in [-0.3, -0.25) is 4.98 Å². The summed E-state index contributed by atoms with van der Waals surface area (Å²) < 4.78 is 52.6. The predicted octanol–water partition coefficient (Wildman–Crippen LogP) is 8.85. The summed E-state index contributed by atoms with van der Waals surface area (Å²) in [7, 11) is -0.524. The second kappa shape index (κ2) is 9.25. The van der Waals surface area contributed by atoms with E-state index in [-0.39, 0.29) is 28.3 Å². The average Bonchev–Trinajstić information content (AvgIpc) is 3.06. The number of ether oxygens (including phenoxy) is 1. The molecule has 0 spiro atoms. The molecule has 1 aromatic carbocycles. The summed E-state index contributed by atoms with van der Waals surface area (Å²) in [6, 6.07) is 5.33. The first-order valence-corrected chi connectivity index (χ1v) is 13.9. The number of fused-ring (bicyclic) bond motifs is 2. The molecule has 3 nitrogen and oxygen atoms in total. The molecule has 36 heavy (non-hydrogen) atoms. The molecule has 2 aromatic rings. The van der Waals surface area contributed by atoms with Gasteiger partial charge in [0, 0.05) is 21.6 Å². The van der Waals surface area contributed by atoms with Crippen molar-refractivity contribution >= 4 is 16.6 Å². The van der Waals surface area contributed by atoms with Crippen LogP contribution in [-0.4, -0.2) is 15.6 Å². The van der Waals surface area contributed by atoms with E-state index in [1.54, 1.807) is 0 Å². The second-order valence-corrected chi connectivity index (χ2v) is 14.3. The molecule has 2 heterocycles. The van der Waals surface area contributed by atoms with Gasteiger partial charge in [-0.05, 0) is 81.0 Å². The highest BCUT2D eigenvalue weighted by molar-refractivity contribution is 8.11. The normalized spacial score (nSPS) is 24.5. The summed E-state index contributed by atoms with van der Waals surface area (Å²) in [4.78, 5) is 5.16. The lowest BCUT2D eigenvalue weighted by molar-refractivity contribution is -0.137. The first kappa shape index (κ1) is 27.3. The van der Waals surface area contributed by atoms with E-state index in [1.165, 1.54) is 12.1 Å². The molecular formula is C29H38F3NO2S. The fourth-order valence-corrected chi connectivity index (χ4v) is 6.06. The number of halogens is 3. The highest BCUT2D eigenvalue weighted by atomic mass is 32.2. The van der Waals surface area contributed by atoms with Crippen molar-refractivity contribution in [2.75, 3.05) is 0 Å². The van der Waals surface area contributed by atoms with Crippen LogP contribution in [0.5, 0.6) is 0 Å². The van der Waals surface area contributed by atoms with Gasteiger partial charge < -0.3 is 8.92 Å². The van der Waals surface area contributed by atoms with E-state index in [0.717, 1.165) is 53.1 Å². The summed E-state index contributed by atoms with van der Waals surface area (Å²) in [6.45, 7) is 17.2. The molecule has 7 heteroatoms. The predicted molar refractivity (Wildman–Crippen MR) is 142 cm³/mol. The average molecular weight is 522 g/mol. The Labute approximate surface area is 215 Å². The Bertz CT molecular complexity index is 1160. The van der Waals surface area contributed by atoms with Crippen LogP contribution in [0.2, 0.25) is 0 Å². The van der Waals surface area contributed by atoms with E-state index in [1.807, 2.05) is 6.92 Å². The van der Waals surface area contributed by atoms with Gasteiger partial charge in [0.05, 0.1) is 23.5 Å². The zero-order valence-electron chi connectivity index (χ0n) is 22.5. The number of nitrogens with zero attached hydrogens (tertiary/aromatic N) is 1. The molecule has 0 N–H and O–H groups in total. The van der Waals surface area contributed by atoms with Gasteiger partial charge in [0.2, 0.25) is 0 Å². The molecule has 1 aromatic heterocycles. The molecule has 3 unspecified atom stereocenters. The van der Waals surface area contributed by atoms with E-state index in [4.69, 9.17) is 13.9 Å². The van der Waals surface area contributed by atoms with Crippen molar-refractivity contribution in [3.63, 3.8) is 0 Å². The first-order chi connectivity index (χ1) is 16.5. The van der Waals surface area contributed by atoms with Crippen LogP contribution in [0.3, 0.4) is 0 Å². The van der Waals surface area contributed by atoms with Crippen molar-refractivity contribution in [2.45, 2.75) is 103 Å². The van der Waals surface area contributed by atoms with Crippen LogP contribution in [0.15, 0.2) is 24.3 Å². The summed E-state index contributed by atoms with van der Waals surface area (Å²) in [6.07, 6.45) is -3.55. The Balaban J connectivity index is 1.89. The minimum Gasteiger partial charge on any atom is -0.359 e. The Morgan fingerprint density at radius 2 is 1.72 bits per heavy atom. The van der Waals surface area contributed by atoms with Crippen molar-refractivity contribution in [3.05, 3.63) is 63.5 Å². The zero-order chi connectivity index (χ0) is 26.8. The molecular weight excluding hydrogens is 483 g/mol. The van der Waals surface area contributed by atoms with Crippen LogP contribution in [0, 0.1) is 5.41 Å². The molecule has 0 bridgehead atoms. The fraction of sp³-hybridized carbons (Fsp3) is 0.586. The van der Waals surface area contributed by atoms with Crippen LogP contribution in [-0.2, 0) is 21.5 Å². The topological polar surface area (TPSA) is 31.4 Å². The maximum absolute atomic E-state index is 13.2. The quantitative estimate of drug-likeness (QED) is 0.377. The summed E-state index contributed by atoms with van der Waals surface area (Å²) >= 11 is 0. The lowest BCUT2D eigenvalue weighted by Crippen LogP contribution is -2.30. The molecule has 1 aliphatic heterocycles. The Hall–Kier alpha value is -1.70. The third-order valence-corrected chi connectivity index (χ3v) is 8.98. The summed E-state index contributed by atoms with van der Waals surface area (Å²) in [5.74, 6) is 4.50. The van der Waals surface area contributed by atoms with E-state index >= 15 is 0 Å². The van der Waals surface area contributed by atoms with Gasteiger partial charge in [0.25, 0.3) is 0 Å². The van der Waals surface area contributed by atoms with Crippen molar-refractivity contribution in [1.82, 2.24) is 4.98 Å². The Kier molecular flexibility index (Phi) is 7.02. The van der Waals surface area contributed by atoms with Crippen LogP contribution >= 0.6 is 10.8 Å². The highest BCUT2D eigenvalue weighted by Crippen LogP contribution is 2.53. The van der Waals surface area contributed by atoms with Gasteiger partial charge in [-0.1, -0.05) is 50.6 Å². The minimum absolute atomic E-state index is 0.0186. The van der Waals surface area contributed by atoms with Gasteiger partial charge in [0.15, 0.2) is 0 Å². The molecule has 198 valence electrons. The van der Waals surface area contributed by atoms with Gasteiger partial charge in [-0.25, -0.2) is 0 Å². The Morgan fingerprint density at radius 1 is 1.11 bits per heavy atom. The molecule has 4 rings (SSSR count). The minimum atomic E-state index is -4.38. The third kappa shape index (κ3) is 5.16. The van der Waals surface area contributed by atoms with E-state index in [9.17, 15) is 13.2 Å². The van der Waals surface area contributed by atoms with Crippen molar-refractivity contribution in [1.29, 1.82) is 0 Å². The number of aromatic nitrogens is 1. The molecule has 0 saturated carbocycles. The van der Waals surface area contributed by atoms with Crippen LogP contribution < -0.4 is 0 Å². The van der Waals surface area contributed by atoms with Crippen LogP contribution in [0.4, 0.5) is 13.2 Å². The van der Waals surface area contributed by atoms with E-state index in [0.29, 0.717) is 5.56 Å². The van der Waals surface area contributed by atoms with Gasteiger partial charge >= 0.3 is 6.18 Å².